The van der Waals surface area contributed by atoms with Gasteiger partial charge in [0.2, 0.25) is 5.91 Å². The Morgan fingerprint density at radius 3 is 2.70 bits per heavy atom. The molecule has 2 aliphatic rings. The van der Waals surface area contributed by atoms with E-state index in [2.05, 4.69) is 12.1 Å². The minimum Gasteiger partial charge on any atom is -0.497 e. The number of fused-ring (bicyclic) bond motifs is 1. The number of benzene rings is 2. The Balaban J connectivity index is 1.53. The number of anilines is 1. The van der Waals surface area contributed by atoms with Gasteiger partial charge in [0.05, 0.1) is 7.11 Å². The predicted molar refractivity (Wildman–Crippen MR) is 104 cm³/mol. The molecule has 0 bridgehead atoms. The van der Waals surface area contributed by atoms with Crippen molar-refractivity contribution in [2.45, 2.75) is 32.2 Å². The molecule has 0 saturated carbocycles. The van der Waals surface area contributed by atoms with Crippen molar-refractivity contribution in [3.05, 3.63) is 59.2 Å². The van der Waals surface area contributed by atoms with Gasteiger partial charge >= 0.3 is 0 Å². The minimum absolute atomic E-state index is 0.0320. The van der Waals surface area contributed by atoms with Gasteiger partial charge < -0.3 is 14.5 Å². The number of nitrogens with zero attached hydrogens (tertiary/aromatic N) is 2. The molecule has 1 fully saturated rings. The fourth-order valence-corrected chi connectivity index (χ4v) is 4.05. The largest absolute Gasteiger partial charge is 0.497 e. The molecular weight excluding hydrogens is 340 g/mol. The number of amides is 2. The van der Waals surface area contributed by atoms with Crippen LogP contribution >= 0.6 is 0 Å². The molecule has 1 aliphatic heterocycles. The maximum absolute atomic E-state index is 13.0. The highest BCUT2D eigenvalue weighted by Crippen LogP contribution is 2.29. The van der Waals surface area contributed by atoms with Gasteiger partial charge in [-0.3, -0.25) is 9.59 Å². The normalized spacial score (nSPS) is 19.2. The first kappa shape index (κ1) is 17.6. The first-order chi connectivity index (χ1) is 13.1. The summed E-state index contributed by atoms with van der Waals surface area (Å²) >= 11 is 0. The van der Waals surface area contributed by atoms with Crippen molar-refractivity contribution in [1.82, 2.24) is 4.90 Å². The quantitative estimate of drug-likeness (QED) is 0.841. The van der Waals surface area contributed by atoms with E-state index in [1.54, 1.807) is 43.2 Å². The Morgan fingerprint density at radius 2 is 1.89 bits per heavy atom. The molecule has 1 aliphatic carbocycles. The van der Waals surface area contributed by atoms with E-state index >= 15 is 0 Å². The molecule has 4 rings (SSSR count). The first-order valence-corrected chi connectivity index (χ1v) is 9.46. The molecule has 5 nitrogen and oxygen atoms in total. The third-order valence-corrected chi connectivity index (χ3v) is 5.63. The Bertz CT molecular complexity index is 893. The van der Waals surface area contributed by atoms with Crippen LogP contribution in [0.15, 0.2) is 42.5 Å². The molecule has 1 saturated heterocycles. The highest BCUT2D eigenvalue weighted by molar-refractivity contribution is 6.03. The molecule has 0 unspecified atom stereocenters. The molecule has 140 valence electrons. The van der Waals surface area contributed by atoms with Gasteiger partial charge in [-0.05, 0) is 67.6 Å². The van der Waals surface area contributed by atoms with Crippen LogP contribution in [0.3, 0.4) is 0 Å². The Morgan fingerprint density at radius 1 is 1.07 bits per heavy atom. The molecule has 5 heteroatoms. The van der Waals surface area contributed by atoms with E-state index in [1.807, 2.05) is 11.0 Å². The van der Waals surface area contributed by atoms with E-state index in [9.17, 15) is 9.59 Å². The van der Waals surface area contributed by atoms with Gasteiger partial charge in [-0.25, -0.2) is 0 Å². The van der Waals surface area contributed by atoms with E-state index in [1.165, 1.54) is 17.5 Å². The third-order valence-electron chi connectivity index (χ3n) is 5.63. The summed E-state index contributed by atoms with van der Waals surface area (Å²) in [5.41, 5.74) is 4.23. The van der Waals surface area contributed by atoms with Crippen LogP contribution in [0.1, 0.15) is 34.8 Å². The molecule has 1 heterocycles. The van der Waals surface area contributed by atoms with Crippen molar-refractivity contribution < 1.29 is 14.3 Å². The maximum atomic E-state index is 13.0. The van der Waals surface area contributed by atoms with Crippen LogP contribution in [0, 0.1) is 0 Å². The van der Waals surface area contributed by atoms with Crippen molar-refractivity contribution in [1.29, 1.82) is 0 Å². The van der Waals surface area contributed by atoms with Crippen LogP contribution in [0.5, 0.6) is 5.75 Å². The Labute approximate surface area is 159 Å². The van der Waals surface area contributed by atoms with Crippen LogP contribution in [0.4, 0.5) is 5.69 Å². The SMILES string of the molecule is COc1cccc(C(=O)N2CCN(c3ccc4c(c3)CCC4)C(=O)[C@H]2C)c1. The third kappa shape index (κ3) is 3.18. The topological polar surface area (TPSA) is 49.9 Å². The molecular formula is C22H24N2O3. The molecule has 2 amide bonds. The van der Waals surface area contributed by atoms with Crippen LogP contribution in [0.25, 0.3) is 0 Å². The zero-order chi connectivity index (χ0) is 19.0. The van der Waals surface area contributed by atoms with E-state index in [4.69, 9.17) is 4.74 Å². The van der Waals surface area contributed by atoms with Crippen LogP contribution in [-0.2, 0) is 17.6 Å². The fourth-order valence-electron chi connectivity index (χ4n) is 4.05. The van der Waals surface area contributed by atoms with Crippen molar-refractivity contribution in [2.75, 3.05) is 25.1 Å². The van der Waals surface area contributed by atoms with Crippen LogP contribution in [-0.4, -0.2) is 43.0 Å². The summed E-state index contributed by atoms with van der Waals surface area (Å²) in [6, 6.07) is 12.9. The number of aryl methyl sites for hydroxylation is 2. The smallest absolute Gasteiger partial charge is 0.254 e. The summed E-state index contributed by atoms with van der Waals surface area (Å²) in [6.45, 7) is 2.83. The monoisotopic (exact) mass is 364 g/mol. The second-order valence-corrected chi connectivity index (χ2v) is 7.20. The van der Waals surface area contributed by atoms with Crippen molar-refractivity contribution in [2.24, 2.45) is 0 Å². The standard InChI is InChI=1S/C22H24N2O3/c1-15-21(25)24(19-10-9-16-5-3-6-17(16)13-19)12-11-23(15)22(26)18-7-4-8-20(14-18)27-2/h4,7-10,13-15H,3,5-6,11-12H2,1-2H3/t15-/m1/s1. The number of carbonyl (C=O) groups is 2. The second kappa shape index (κ2) is 7.06. The van der Waals surface area contributed by atoms with E-state index in [-0.39, 0.29) is 11.8 Å². The number of rotatable bonds is 3. The van der Waals surface area contributed by atoms with Gasteiger partial charge in [0, 0.05) is 24.3 Å². The minimum atomic E-state index is -0.495. The summed E-state index contributed by atoms with van der Waals surface area (Å²) in [4.78, 5) is 29.4. The predicted octanol–water partition coefficient (Wildman–Crippen LogP) is 3.06. The molecule has 2 aromatic rings. The van der Waals surface area contributed by atoms with Crippen molar-refractivity contribution >= 4 is 17.5 Å². The number of carbonyl (C=O) groups excluding carboxylic acids is 2. The zero-order valence-electron chi connectivity index (χ0n) is 15.8. The highest BCUT2D eigenvalue weighted by Gasteiger charge is 2.35. The molecule has 27 heavy (non-hydrogen) atoms. The molecule has 0 aromatic heterocycles. The van der Waals surface area contributed by atoms with Gasteiger partial charge in [0.25, 0.3) is 5.91 Å². The lowest BCUT2D eigenvalue weighted by atomic mass is 10.1. The average molecular weight is 364 g/mol. The first-order valence-electron chi connectivity index (χ1n) is 9.46. The molecule has 0 spiro atoms. The summed E-state index contributed by atoms with van der Waals surface area (Å²) in [6.07, 6.45) is 3.40. The van der Waals surface area contributed by atoms with Crippen molar-refractivity contribution in [3.63, 3.8) is 0 Å². The maximum Gasteiger partial charge on any atom is 0.254 e. The number of methoxy groups -OCH3 is 1. The number of hydrogen-bond donors (Lipinski definition) is 0. The van der Waals surface area contributed by atoms with E-state index in [0.29, 0.717) is 24.4 Å². The van der Waals surface area contributed by atoms with E-state index < -0.39 is 6.04 Å². The lowest BCUT2D eigenvalue weighted by Gasteiger charge is -2.39. The van der Waals surface area contributed by atoms with Crippen LogP contribution in [0.2, 0.25) is 0 Å². The Kier molecular flexibility index (Phi) is 4.60. The molecule has 0 N–H and O–H groups in total. The lowest BCUT2D eigenvalue weighted by molar-refractivity contribution is -0.124. The van der Waals surface area contributed by atoms with Gasteiger partial charge in [-0.2, -0.15) is 0 Å². The van der Waals surface area contributed by atoms with E-state index in [0.717, 1.165) is 18.5 Å². The van der Waals surface area contributed by atoms with Crippen molar-refractivity contribution in [3.8, 4) is 5.75 Å². The van der Waals surface area contributed by atoms with Crippen LogP contribution < -0.4 is 9.64 Å². The summed E-state index contributed by atoms with van der Waals surface area (Å²) in [5.74, 6) is 0.468. The highest BCUT2D eigenvalue weighted by atomic mass is 16.5. The number of piperazine rings is 1. The summed E-state index contributed by atoms with van der Waals surface area (Å²) in [5, 5.41) is 0. The lowest BCUT2D eigenvalue weighted by Crippen LogP contribution is -2.57. The molecule has 0 radical (unpaired) electrons. The second-order valence-electron chi connectivity index (χ2n) is 7.20. The van der Waals surface area contributed by atoms with Gasteiger partial charge in [0.1, 0.15) is 11.8 Å². The van der Waals surface area contributed by atoms with Gasteiger partial charge in [0.15, 0.2) is 0 Å². The average Bonchev–Trinajstić information content (AvgIpc) is 3.17. The fraction of sp³-hybridized carbons (Fsp3) is 0.364. The number of hydrogen-bond acceptors (Lipinski definition) is 3. The molecule has 1 atom stereocenters. The number of ether oxygens (including phenoxy) is 1. The Hall–Kier alpha value is -2.82. The zero-order valence-corrected chi connectivity index (χ0v) is 15.8. The summed E-state index contributed by atoms with van der Waals surface area (Å²) in [7, 11) is 1.57. The molecule has 2 aromatic carbocycles. The van der Waals surface area contributed by atoms with Gasteiger partial charge in [-0.1, -0.05) is 12.1 Å². The van der Waals surface area contributed by atoms with Gasteiger partial charge in [-0.15, -0.1) is 0 Å². The summed E-state index contributed by atoms with van der Waals surface area (Å²) < 4.78 is 5.21.